The molecule has 9 heteroatoms. The fraction of sp³-hybridized carbons (Fsp3) is 0.368. The molecule has 0 bridgehead atoms. The summed E-state index contributed by atoms with van der Waals surface area (Å²) in [6.45, 7) is 5.32. The van der Waals surface area contributed by atoms with Crippen LogP contribution in [0.5, 0.6) is 5.75 Å². The Morgan fingerprint density at radius 3 is 2.46 bits per heavy atom. The Labute approximate surface area is 161 Å². The zero-order chi connectivity index (χ0) is 21.0. The van der Waals surface area contributed by atoms with Gasteiger partial charge in [-0.05, 0) is 31.5 Å². The number of carbonyl (C=O) groups excluding carboxylic acids is 2. The van der Waals surface area contributed by atoms with Gasteiger partial charge in [0.15, 0.2) is 5.69 Å². The lowest BCUT2D eigenvalue weighted by Crippen LogP contribution is -2.37. The first-order valence-corrected chi connectivity index (χ1v) is 8.77. The van der Waals surface area contributed by atoms with Gasteiger partial charge in [0.25, 0.3) is 11.5 Å². The molecule has 0 radical (unpaired) electrons. The molecule has 1 aromatic heterocycles. The number of aromatic nitrogens is 2. The van der Waals surface area contributed by atoms with Crippen molar-refractivity contribution in [2.24, 2.45) is 7.05 Å². The highest BCUT2D eigenvalue weighted by molar-refractivity contribution is 5.94. The second kappa shape index (κ2) is 8.64. The van der Waals surface area contributed by atoms with Crippen LogP contribution in [-0.4, -0.2) is 37.9 Å². The number of nitrogens with zero attached hydrogens (tertiary/aromatic N) is 3. The maximum Gasteiger partial charge on any atom is 0.296 e. The lowest BCUT2D eigenvalue weighted by Gasteiger charge is -2.27. The molecule has 1 aromatic carbocycles. The van der Waals surface area contributed by atoms with Crippen LogP contribution in [0.3, 0.4) is 0 Å². The second-order valence-corrected chi connectivity index (χ2v) is 6.32. The van der Waals surface area contributed by atoms with Gasteiger partial charge < -0.3 is 15.3 Å². The fourth-order valence-electron chi connectivity index (χ4n) is 2.92. The van der Waals surface area contributed by atoms with Crippen molar-refractivity contribution in [2.75, 3.05) is 6.54 Å². The molecule has 28 heavy (non-hydrogen) atoms. The van der Waals surface area contributed by atoms with Gasteiger partial charge in [-0.1, -0.05) is 12.1 Å². The first-order valence-electron chi connectivity index (χ1n) is 8.77. The van der Waals surface area contributed by atoms with Gasteiger partial charge in [-0.25, -0.2) is 9.37 Å². The molecule has 0 spiro atoms. The summed E-state index contributed by atoms with van der Waals surface area (Å²) in [6, 6.07) is 4.95. The molecule has 1 heterocycles. The molecular weight excluding hydrogens is 367 g/mol. The van der Waals surface area contributed by atoms with E-state index in [1.54, 1.807) is 13.8 Å². The summed E-state index contributed by atoms with van der Waals surface area (Å²) in [5.74, 6) is -1.96. The first-order chi connectivity index (χ1) is 13.2. The molecule has 0 aliphatic rings. The smallest absolute Gasteiger partial charge is 0.296 e. The average molecular weight is 390 g/mol. The summed E-state index contributed by atoms with van der Waals surface area (Å²) in [4.78, 5) is 42.3. The molecule has 150 valence electrons. The van der Waals surface area contributed by atoms with Gasteiger partial charge in [0, 0.05) is 27.1 Å². The van der Waals surface area contributed by atoms with Gasteiger partial charge in [0.2, 0.25) is 11.7 Å². The van der Waals surface area contributed by atoms with Crippen molar-refractivity contribution in [3.63, 3.8) is 0 Å². The van der Waals surface area contributed by atoms with E-state index >= 15 is 0 Å². The Hall–Kier alpha value is -3.23. The Balaban J connectivity index is 2.34. The maximum absolute atomic E-state index is 13.0. The molecule has 2 amide bonds. The molecule has 0 aliphatic carbocycles. The van der Waals surface area contributed by atoms with Gasteiger partial charge in [-0.3, -0.25) is 19.0 Å². The third-order valence-electron chi connectivity index (χ3n) is 4.47. The second-order valence-electron chi connectivity index (χ2n) is 6.32. The van der Waals surface area contributed by atoms with E-state index in [0.29, 0.717) is 12.1 Å². The van der Waals surface area contributed by atoms with Crippen LogP contribution in [0.15, 0.2) is 29.1 Å². The molecular formula is C19H23FN4O4. The Kier molecular flexibility index (Phi) is 6.50. The normalized spacial score (nSPS) is 11.8. The van der Waals surface area contributed by atoms with E-state index in [9.17, 15) is 23.9 Å². The quantitative estimate of drug-likeness (QED) is 0.778. The largest absolute Gasteiger partial charge is 0.501 e. The summed E-state index contributed by atoms with van der Waals surface area (Å²) >= 11 is 0. The number of rotatable bonds is 6. The topological polar surface area (TPSA) is 105 Å². The van der Waals surface area contributed by atoms with Crippen molar-refractivity contribution in [1.82, 2.24) is 19.8 Å². The molecule has 0 saturated carbocycles. The van der Waals surface area contributed by atoms with E-state index in [2.05, 4.69) is 10.3 Å². The minimum Gasteiger partial charge on any atom is -0.501 e. The van der Waals surface area contributed by atoms with Crippen LogP contribution < -0.4 is 10.9 Å². The molecule has 0 aliphatic heterocycles. The summed E-state index contributed by atoms with van der Waals surface area (Å²) in [7, 11) is 1.41. The van der Waals surface area contributed by atoms with Gasteiger partial charge >= 0.3 is 0 Å². The van der Waals surface area contributed by atoms with Crippen LogP contribution in [-0.2, 0) is 18.4 Å². The van der Waals surface area contributed by atoms with Crippen LogP contribution in [0.4, 0.5) is 4.39 Å². The third kappa shape index (κ3) is 4.36. The molecule has 2 aromatic rings. The minimum atomic E-state index is -0.789. The highest BCUT2D eigenvalue weighted by atomic mass is 19.1. The predicted molar refractivity (Wildman–Crippen MR) is 100 cm³/mol. The number of carbonyl (C=O) groups is 2. The standard InChI is InChI=1S/C19H23FN4O4/c1-5-24(12(3)25)11(2)17-22-15(16(26)19(28)23(17)4)18(27)21-10-13-6-8-14(20)9-7-13/h6-9,11,26H,5,10H2,1-4H3,(H,21,27). The van der Waals surface area contributed by atoms with E-state index in [0.717, 1.165) is 4.57 Å². The number of amides is 2. The van der Waals surface area contributed by atoms with Crippen molar-refractivity contribution in [2.45, 2.75) is 33.4 Å². The molecule has 0 fully saturated rings. The fourth-order valence-corrected chi connectivity index (χ4v) is 2.92. The Morgan fingerprint density at radius 1 is 1.32 bits per heavy atom. The van der Waals surface area contributed by atoms with Crippen molar-refractivity contribution in [3.8, 4) is 5.75 Å². The molecule has 1 unspecified atom stereocenters. The van der Waals surface area contributed by atoms with Crippen molar-refractivity contribution >= 4 is 11.8 Å². The van der Waals surface area contributed by atoms with Gasteiger partial charge in [0.1, 0.15) is 11.6 Å². The number of hydrogen-bond donors (Lipinski definition) is 2. The number of halogens is 1. The van der Waals surface area contributed by atoms with Gasteiger partial charge in [-0.15, -0.1) is 0 Å². The minimum absolute atomic E-state index is 0.0643. The summed E-state index contributed by atoms with van der Waals surface area (Å²) < 4.78 is 14.1. The zero-order valence-electron chi connectivity index (χ0n) is 16.2. The molecule has 0 saturated heterocycles. The molecule has 2 rings (SSSR count). The van der Waals surface area contributed by atoms with E-state index in [1.807, 2.05) is 0 Å². The molecule has 1 atom stereocenters. The SMILES string of the molecule is CCN(C(C)=O)C(C)c1nc(C(=O)NCc2ccc(F)cc2)c(O)c(=O)n1C. The van der Waals surface area contributed by atoms with E-state index < -0.39 is 34.8 Å². The predicted octanol–water partition coefficient (Wildman–Crippen LogP) is 1.48. The van der Waals surface area contributed by atoms with E-state index in [1.165, 1.54) is 43.1 Å². The summed E-state index contributed by atoms with van der Waals surface area (Å²) in [6.07, 6.45) is 0. The average Bonchev–Trinajstić information content (AvgIpc) is 2.65. The molecule has 2 N–H and O–H groups in total. The number of benzene rings is 1. The third-order valence-corrected chi connectivity index (χ3v) is 4.47. The first kappa shape index (κ1) is 21.1. The van der Waals surface area contributed by atoms with Crippen LogP contribution in [0.1, 0.15) is 48.7 Å². The van der Waals surface area contributed by atoms with Crippen LogP contribution in [0.2, 0.25) is 0 Å². The van der Waals surface area contributed by atoms with Crippen molar-refractivity contribution in [1.29, 1.82) is 0 Å². The highest BCUT2D eigenvalue weighted by Crippen LogP contribution is 2.20. The number of hydrogen-bond acceptors (Lipinski definition) is 5. The van der Waals surface area contributed by atoms with E-state index in [4.69, 9.17) is 0 Å². The van der Waals surface area contributed by atoms with Crippen LogP contribution in [0, 0.1) is 5.82 Å². The van der Waals surface area contributed by atoms with Gasteiger partial charge in [0.05, 0.1) is 6.04 Å². The lowest BCUT2D eigenvalue weighted by molar-refractivity contribution is -0.130. The summed E-state index contributed by atoms with van der Waals surface area (Å²) in [5.41, 5.74) is -0.574. The number of nitrogens with one attached hydrogen (secondary N) is 1. The van der Waals surface area contributed by atoms with Crippen LogP contribution >= 0.6 is 0 Å². The number of aromatic hydroxyl groups is 1. The monoisotopic (exact) mass is 390 g/mol. The van der Waals surface area contributed by atoms with Crippen molar-refractivity contribution < 1.29 is 19.1 Å². The van der Waals surface area contributed by atoms with Gasteiger partial charge in [-0.2, -0.15) is 0 Å². The van der Waals surface area contributed by atoms with Crippen LogP contribution in [0.25, 0.3) is 0 Å². The maximum atomic E-state index is 13.0. The van der Waals surface area contributed by atoms with E-state index in [-0.39, 0.29) is 18.3 Å². The Bertz CT molecular complexity index is 940. The van der Waals surface area contributed by atoms with Crippen molar-refractivity contribution in [3.05, 3.63) is 57.5 Å². The highest BCUT2D eigenvalue weighted by Gasteiger charge is 2.26. The lowest BCUT2D eigenvalue weighted by atomic mass is 10.2. The zero-order valence-corrected chi connectivity index (χ0v) is 16.2. The molecule has 8 nitrogen and oxygen atoms in total. The Morgan fingerprint density at radius 2 is 1.93 bits per heavy atom. The summed E-state index contributed by atoms with van der Waals surface area (Å²) in [5, 5.41) is 12.6.